The summed E-state index contributed by atoms with van der Waals surface area (Å²) in [5, 5.41) is 17.3. The number of hydrogen-bond acceptors (Lipinski definition) is 4. The fourth-order valence-corrected chi connectivity index (χ4v) is 3.47. The number of amides is 3. The van der Waals surface area contributed by atoms with E-state index in [1.165, 1.54) is 6.42 Å². The second-order valence-electron chi connectivity index (χ2n) is 7.38. The van der Waals surface area contributed by atoms with Crippen molar-refractivity contribution in [2.75, 3.05) is 13.1 Å². The molecule has 156 valence electrons. The Labute approximate surface area is 162 Å². The van der Waals surface area contributed by atoms with Gasteiger partial charge in [0.15, 0.2) is 0 Å². The van der Waals surface area contributed by atoms with Crippen LogP contribution in [0, 0.1) is 5.92 Å². The average Bonchev–Trinajstić information content (AvgIpc) is 2.65. The number of nitrogens with two attached hydrogens (primary N) is 1. The SMILES string of the molecule is CCCNC(=O)[C@@H](CC1CCCCC1)NC(=O)N[C@@H](CCCCN)C(=O)O. The van der Waals surface area contributed by atoms with Crippen LogP contribution in [0.4, 0.5) is 4.79 Å². The summed E-state index contributed by atoms with van der Waals surface area (Å²) < 4.78 is 0. The standard InChI is InChI=1S/C19H36N4O4/c1-2-12-21-17(24)16(13-14-8-4-3-5-9-14)23-19(27)22-15(18(25)26)10-6-7-11-20/h14-16H,2-13,20H2,1H3,(H,21,24)(H,25,26)(H2,22,23,27)/t15-,16+/m0/s1. The van der Waals surface area contributed by atoms with Crippen molar-refractivity contribution >= 4 is 17.9 Å². The summed E-state index contributed by atoms with van der Waals surface area (Å²) in [4.78, 5) is 36.1. The van der Waals surface area contributed by atoms with Gasteiger partial charge >= 0.3 is 12.0 Å². The molecule has 6 N–H and O–H groups in total. The van der Waals surface area contributed by atoms with Gasteiger partial charge < -0.3 is 26.8 Å². The summed E-state index contributed by atoms with van der Waals surface area (Å²) in [7, 11) is 0. The first-order chi connectivity index (χ1) is 13.0. The van der Waals surface area contributed by atoms with Gasteiger partial charge in [-0.15, -0.1) is 0 Å². The molecule has 27 heavy (non-hydrogen) atoms. The minimum Gasteiger partial charge on any atom is -0.480 e. The van der Waals surface area contributed by atoms with E-state index < -0.39 is 24.1 Å². The molecule has 0 heterocycles. The summed E-state index contributed by atoms with van der Waals surface area (Å²) in [6, 6.07) is -2.23. The summed E-state index contributed by atoms with van der Waals surface area (Å²) >= 11 is 0. The molecule has 0 unspecified atom stereocenters. The highest BCUT2D eigenvalue weighted by molar-refractivity contribution is 5.88. The lowest BCUT2D eigenvalue weighted by Crippen LogP contribution is -2.54. The zero-order valence-electron chi connectivity index (χ0n) is 16.5. The number of hydrogen-bond donors (Lipinski definition) is 5. The van der Waals surface area contributed by atoms with Gasteiger partial charge in [-0.1, -0.05) is 39.0 Å². The fraction of sp³-hybridized carbons (Fsp3) is 0.842. The number of aliphatic carboxylic acids is 1. The van der Waals surface area contributed by atoms with Gasteiger partial charge in [0.2, 0.25) is 5.91 Å². The number of urea groups is 1. The monoisotopic (exact) mass is 384 g/mol. The third-order valence-electron chi connectivity index (χ3n) is 5.02. The van der Waals surface area contributed by atoms with Crippen molar-refractivity contribution in [3.63, 3.8) is 0 Å². The molecule has 1 fully saturated rings. The Hall–Kier alpha value is -1.83. The van der Waals surface area contributed by atoms with E-state index in [4.69, 9.17) is 5.73 Å². The molecule has 1 aliphatic carbocycles. The maximum absolute atomic E-state index is 12.5. The zero-order chi connectivity index (χ0) is 20.1. The maximum atomic E-state index is 12.5. The predicted molar refractivity (Wildman–Crippen MR) is 104 cm³/mol. The van der Waals surface area contributed by atoms with Crippen LogP contribution in [0.1, 0.15) is 71.1 Å². The molecule has 2 atom stereocenters. The Bertz CT molecular complexity index is 467. The van der Waals surface area contributed by atoms with Gasteiger partial charge in [0.25, 0.3) is 0 Å². The van der Waals surface area contributed by atoms with Gasteiger partial charge in [-0.25, -0.2) is 9.59 Å². The van der Waals surface area contributed by atoms with Crippen molar-refractivity contribution < 1.29 is 19.5 Å². The Morgan fingerprint density at radius 2 is 1.74 bits per heavy atom. The zero-order valence-corrected chi connectivity index (χ0v) is 16.5. The van der Waals surface area contributed by atoms with E-state index in [9.17, 15) is 19.5 Å². The largest absolute Gasteiger partial charge is 0.480 e. The van der Waals surface area contributed by atoms with Crippen LogP contribution in [0.3, 0.4) is 0 Å². The lowest BCUT2D eigenvalue weighted by molar-refractivity contribution is -0.139. The highest BCUT2D eigenvalue weighted by atomic mass is 16.4. The number of unbranched alkanes of at least 4 members (excludes halogenated alkanes) is 1. The van der Waals surface area contributed by atoms with Crippen molar-refractivity contribution in [2.24, 2.45) is 11.7 Å². The van der Waals surface area contributed by atoms with Crippen LogP contribution in [0.15, 0.2) is 0 Å². The van der Waals surface area contributed by atoms with Crippen molar-refractivity contribution in [3.05, 3.63) is 0 Å². The summed E-state index contributed by atoms with van der Waals surface area (Å²) in [6.45, 7) is 3.01. The molecule has 0 spiro atoms. The first-order valence-electron chi connectivity index (χ1n) is 10.3. The number of nitrogens with one attached hydrogen (secondary N) is 3. The van der Waals surface area contributed by atoms with Crippen LogP contribution in [0.25, 0.3) is 0 Å². The minimum atomic E-state index is -1.08. The van der Waals surface area contributed by atoms with E-state index in [2.05, 4.69) is 16.0 Å². The quantitative estimate of drug-likeness (QED) is 0.327. The van der Waals surface area contributed by atoms with Gasteiger partial charge in [-0.05, 0) is 44.6 Å². The van der Waals surface area contributed by atoms with Crippen LogP contribution in [-0.2, 0) is 9.59 Å². The van der Waals surface area contributed by atoms with Crippen molar-refractivity contribution in [2.45, 2.75) is 83.2 Å². The summed E-state index contributed by atoms with van der Waals surface area (Å²) in [6.07, 6.45) is 8.72. The maximum Gasteiger partial charge on any atom is 0.326 e. The molecule has 0 aromatic carbocycles. The van der Waals surface area contributed by atoms with E-state index in [1.807, 2.05) is 6.92 Å². The van der Waals surface area contributed by atoms with Crippen molar-refractivity contribution in [1.29, 1.82) is 0 Å². The Kier molecular flexibility index (Phi) is 11.5. The Morgan fingerprint density at radius 1 is 1.07 bits per heavy atom. The second kappa shape index (κ2) is 13.4. The van der Waals surface area contributed by atoms with Crippen LogP contribution >= 0.6 is 0 Å². The smallest absolute Gasteiger partial charge is 0.326 e. The fourth-order valence-electron chi connectivity index (χ4n) is 3.47. The molecule has 1 saturated carbocycles. The normalized spacial score (nSPS) is 17.0. The second-order valence-corrected chi connectivity index (χ2v) is 7.38. The Morgan fingerprint density at radius 3 is 2.33 bits per heavy atom. The molecule has 1 rings (SSSR count). The molecule has 0 bridgehead atoms. The van der Waals surface area contributed by atoms with Crippen LogP contribution in [0.5, 0.6) is 0 Å². The van der Waals surface area contributed by atoms with Crippen molar-refractivity contribution in [1.82, 2.24) is 16.0 Å². The van der Waals surface area contributed by atoms with Crippen LogP contribution < -0.4 is 21.7 Å². The molecule has 0 aromatic heterocycles. The van der Waals surface area contributed by atoms with Gasteiger partial charge in [-0.2, -0.15) is 0 Å². The number of rotatable bonds is 12. The summed E-state index contributed by atoms with van der Waals surface area (Å²) in [5.74, 6) is -0.870. The average molecular weight is 385 g/mol. The van der Waals surface area contributed by atoms with E-state index in [0.29, 0.717) is 44.7 Å². The highest BCUT2D eigenvalue weighted by Gasteiger charge is 2.27. The van der Waals surface area contributed by atoms with E-state index >= 15 is 0 Å². The van der Waals surface area contributed by atoms with Gasteiger partial charge in [-0.3, -0.25) is 4.79 Å². The number of carboxylic acids is 1. The number of carbonyl (C=O) groups is 3. The molecule has 8 heteroatoms. The molecular formula is C19H36N4O4. The lowest BCUT2D eigenvalue weighted by atomic mass is 9.84. The molecule has 1 aliphatic rings. The lowest BCUT2D eigenvalue weighted by Gasteiger charge is -2.27. The highest BCUT2D eigenvalue weighted by Crippen LogP contribution is 2.27. The number of carboxylic acid groups (broad SMARTS) is 1. The van der Waals surface area contributed by atoms with Crippen LogP contribution in [-0.4, -0.2) is 48.2 Å². The Balaban J connectivity index is 2.63. The van der Waals surface area contributed by atoms with Gasteiger partial charge in [0.1, 0.15) is 12.1 Å². The summed E-state index contributed by atoms with van der Waals surface area (Å²) in [5.41, 5.74) is 5.43. The molecule has 3 amide bonds. The molecule has 0 aromatic rings. The minimum absolute atomic E-state index is 0.201. The molecule has 0 radical (unpaired) electrons. The molecule has 0 aliphatic heterocycles. The van der Waals surface area contributed by atoms with Gasteiger partial charge in [0.05, 0.1) is 0 Å². The van der Waals surface area contributed by atoms with Gasteiger partial charge in [0, 0.05) is 6.54 Å². The molecular weight excluding hydrogens is 348 g/mol. The predicted octanol–water partition coefficient (Wildman–Crippen LogP) is 1.73. The number of carbonyl (C=O) groups excluding carboxylic acids is 2. The topological polar surface area (TPSA) is 134 Å². The van der Waals surface area contributed by atoms with Crippen LogP contribution in [0.2, 0.25) is 0 Å². The molecule has 8 nitrogen and oxygen atoms in total. The van der Waals surface area contributed by atoms with E-state index in [-0.39, 0.29) is 5.91 Å². The third kappa shape index (κ3) is 9.60. The first kappa shape index (κ1) is 23.2. The van der Waals surface area contributed by atoms with Crippen molar-refractivity contribution in [3.8, 4) is 0 Å². The van der Waals surface area contributed by atoms with E-state index in [1.54, 1.807) is 0 Å². The third-order valence-corrected chi connectivity index (χ3v) is 5.02. The van der Waals surface area contributed by atoms with E-state index in [0.717, 1.165) is 32.1 Å². The molecule has 0 saturated heterocycles. The first-order valence-corrected chi connectivity index (χ1v) is 10.3.